The van der Waals surface area contributed by atoms with Gasteiger partial charge in [-0.2, -0.15) is 5.10 Å². The van der Waals surface area contributed by atoms with E-state index in [2.05, 4.69) is 37.9 Å². The van der Waals surface area contributed by atoms with Gasteiger partial charge in [-0.05, 0) is 17.5 Å². The molecule has 1 aromatic carbocycles. The number of hydrogen-bond acceptors (Lipinski definition) is 5. The largest absolute Gasteiger partial charge is 0.379 e. The van der Waals surface area contributed by atoms with E-state index < -0.39 is 0 Å². The Bertz CT molecular complexity index is 857. The molecule has 0 bridgehead atoms. The predicted molar refractivity (Wildman–Crippen MR) is 106 cm³/mol. The molecular formula is C20H22N4O2S. The number of morpholine rings is 1. The van der Waals surface area contributed by atoms with E-state index in [0.717, 1.165) is 37.6 Å². The van der Waals surface area contributed by atoms with Crippen molar-refractivity contribution in [1.29, 1.82) is 0 Å². The fourth-order valence-corrected chi connectivity index (χ4v) is 4.12. The van der Waals surface area contributed by atoms with Gasteiger partial charge in [0, 0.05) is 30.1 Å². The second kappa shape index (κ2) is 8.47. The Morgan fingerprint density at radius 1 is 1.22 bits per heavy atom. The molecule has 0 unspecified atom stereocenters. The van der Waals surface area contributed by atoms with Gasteiger partial charge in [0.1, 0.15) is 5.69 Å². The van der Waals surface area contributed by atoms with Crippen LogP contribution in [0.5, 0.6) is 0 Å². The highest BCUT2D eigenvalue weighted by atomic mass is 32.1. The third-order valence-corrected chi connectivity index (χ3v) is 5.68. The SMILES string of the molecule is O=C(NC[C@@H](c1cccs1)N1CCOCC1)c1cc(-c2ccccc2)n[nH]1. The zero-order valence-corrected chi connectivity index (χ0v) is 15.7. The van der Waals surface area contributed by atoms with E-state index >= 15 is 0 Å². The molecule has 1 amide bonds. The van der Waals surface area contributed by atoms with Gasteiger partial charge in [-0.1, -0.05) is 36.4 Å². The molecule has 4 rings (SSSR count). The van der Waals surface area contributed by atoms with Crippen LogP contribution in [0.25, 0.3) is 11.3 Å². The quantitative estimate of drug-likeness (QED) is 0.688. The molecule has 0 saturated carbocycles. The number of aromatic amines is 1. The molecular weight excluding hydrogens is 360 g/mol. The monoisotopic (exact) mass is 382 g/mol. The molecule has 140 valence electrons. The first kappa shape index (κ1) is 17.9. The summed E-state index contributed by atoms with van der Waals surface area (Å²) in [6, 6.07) is 16.0. The highest BCUT2D eigenvalue weighted by Gasteiger charge is 2.24. The van der Waals surface area contributed by atoms with Gasteiger partial charge >= 0.3 is 0 Å². The number of amides is 1. The molecule has 1 aliphatic rings. The van der Waals surface area contributed by atoms with Gasteiger partial charge in [0.05, 0.1) is 24.9 Å². The zero-order valence-electron chi connectivity index (χ0n) is 14.9. The second-order valence-corrected chi connectivity index (χ2v) is 7.40. The summed E-state index contributed by atoms with van der Waals surface area (Å²) >= 11 is 1.72. The number of thiophene rings is 1. The summed E-state index contributed by atoms with van der Waals surface area (Å²) in [6.45, 7) is 3.77. The van der Waals surface area contributed by atoms with E-state index in [9.17, 15) is 4.79 Å². The first-order chi connectivity index (χ1) is 13.3. The van der Waals surface area contributed by atoms with Crippen LogP contribution in [0.4, 0.5) is 0 Å². The first-order valence-corrected chi connectivity index (χ1v) is 9.93. The zero-order chi connectivity index (χ0) is 18.5. The summed E-state index contributed by atoms with van der Waals surface area (Å²) in [5.41, 5.74) is 2.22. The molecule has 6 nitrogen and oxygen atoms in total. The lowest BCUT2D eigenvalue weighted by Gasteiger charge is -2.34. The molecule has 7 heteroatoms. The van der Waals surface area contributed by atoms with Gasteiger partial charge in [0.15, 0.2) is 0 Å². The topological polar surface area (TPSA) is 70.2 Å². The van der Waals surface area contributed by atoms with Crippen molar-refractivity contribution < 1.29 is 9.53 Å². The van der Waals surface area contributed by atoms with Gasteiger partial charge in [0.2, 0.25) is 0 Å². The molecule has 3 heterocycles. The minimum absolute atomic E-state index is 0.139. The smallest absolute Gasteiger partial charge is 0.269 e. The van der Waals surface area contributed by atoms with E-state index in [1.807, 2.05) is 30.3 Å². The highest BCUT2D eigenvalue weighted by molar-refractivity contribution is 7.10. The molecule has 0 radical (unpaired) electrons. The minimum atomic E-state index is -0.139. The van der Waals surface area contributed by atoms with Gasteiger partial charge < -0.3 is 10.1 Å². The maximum atomic E-state index is 12.6. The van der Waals surface area contributed by atoms with E-state index in [4.69, 9.17) is 4.74 Å². The summed E-state index contributed by atoms with van der Waals surface area (Å²) in [5.74, 6) is -0.139. The number of carbonyl (C=O) groups is 1. The maximum Gasteiger partial charge on any atom is 0.269 e. The van der Waals surface area contributed by atoms with E-state index in [1.54, 1.807) is 17.4 Å². The molecule has 0 spiro atoms. The number of nitrogens with zero attached hydrogens (tertiary/aromatic N) is 2. The molecule has 3 aromatic rings. The number of hydrogen-bond donors (Lipinski definition) is 2. The Labute approximate surface area is 162 Å². The summed E-state index contributed by atoms with van der Waals surface area (Å²) < 4.78 is 5.47. The van der Waals surface area contributed by atoms with Crippen LogP contribution in [-0.4, -0.2) is 53.9 Å². The van der Waals surface area contributed by atoms with Crippen LogP contribution in [-0.2, 0) is 4.74 Å². The fraction of sp³-hybridized carbons (Fsp3) is 0.300. The van der Waals surface area contributed by atoms with Gasteiger partial charge in [-0.15, -0.1) is 11.3 Å². The van der Waals surface area contributed by atoms with Crippen LogP contribution in [0.15, 0.2) is 53.9 Å². The summed E-state index contributed by atoms with van der Waals surface area (Å²) in [5, 5.41) is 12.3. The number of aromatic nitrogens is 2. The van der Waals surface area contributed by atoms with Crippen LogP contribution in [0.2, 0.25) is 0 Å². The van der Waals surface area contributed by atoms with Crippen molar-refractivity contribution in [3.63, 3.8) is 0 Å². The van der Waals surface area contributed by atoms with Crippen molar-refractivity contribution in [3.05, 3.63) is 64.5 Å². The number of rotatable bonds is 6. The Morgan fingerprint density at radius 3 is 2.78 bits per heavy atom. The second-order valence-electron chi connectivity index (χ2n) is 6.42. The van der Waals surface area contributed by atoms with Crippen LogP contribution < -0.4 is 5.32 Å². The Kier molecular flexibility index (Phi) is 5.62. The molecule has 0 aliphatic carbocycles. The first-order valence-electron chi connectivity index (χ1n) is 9.05. The van der Waals surface area contributed by atoms with Gasteiger partial charge in [0.25, 0.3) is 5.91 Å². The van der Waals surface area contributed by atoms with Crippen LogP contribution in [0, 0.1) is 0 Å². The Hall–Kier alpha value is -2.48. The number of benzene rings is 1. The third kappa shape index (κ3) is 4.27. The normalized spacial score (nSPS) is 16.1. The maximum absolute atomic E-state index is 12.6. The molecule has 1 atom stereocenters. The predicted octanol–water partition coefficient (Wildman–Crippen LogP) is 2.94. The van der Waals surface area contributed by atoms with E-state index in [1.165, 1.54) is 4.88 Å². The third-order valence-electron chi connectivity index (χ3n) is 4.71. The van der Waals surface area contributed by atoms with Crippen molar-refractivity contribution in [2.24, 2.45) is 0 Å². The van der Waals surface area contributed by atoms with Crippen LogP contribution in [0.1, 0.15) is 21.4 Å². The molecule has 2 aromatic heterocycles. The lowest BCUT2D eigenvalue weighted by Crippen LogP contribution is -2.43. The highest BCUT2D eigenvalue weighted by Crippen LogP contribution is 2.25. The van der Waals surface area contributed by atoms with Gasteiger partial charge in [-0.25, -0.2) is 0 Å². The standard InChI is InChI=1S/C20H22N4O2S/c25-20(17-13-16(22-23-17)15-5-2-1-3-6-15)21-14-18(19-7-4-12-27-19)24-8-10-26-11-9-24/h1-7,12-13,18H,8-11,14H2,(H,21,25)(H,22,23)/t18-/m0/s1. The fourth-order valence-electron chi connectivity index (χ4n) is 3.26. The summed E-state index contributed by atoms with van der Waals surface area (Å²) in [6.07, 6.45) is 0. The molecule has 1 saturated heterocycles. The number of carbonyl (C=O) groups excluding carboxylic acids is 1. The number of ether oxygens (including phenoxy) is 1. The average Bonchev–Trinajstić information content (AvgIpc) is 3.42. The Balaban J connectivity index is 1.43. The van der Waals surface area contributed by atoms with Crippen molar-refractivity contribution >= 4 is 17.2 Å². The summed E-state index contributed by atoms with van der Waals surface area (Å²) in [7, 11) is 0. The summed E-state index contributed by atoms with van der Waals surface area (Å²) in [4.78, 5) is 16.3. The van der Waals surface area contributed by atoms with Crippen molar-refractivity contribution in [3.8, 4) is 11.3 Å². The van der Waals surface area contributed by atoms with E-state index in [-0.39, 0.29) is 11.9 Å². The van der Waals surface area contributed by atoms with Gasteiger partial charge in [-0.3, -0.25) is 14.8 Å². The lowest BCUT2D eigenvalue weighted by atomic mass is 10.1. The minimum Gasteiger partial charge on any atom is -0.379 e. The Morgan fingerprint density at radius 2 is 2.04 bits per heavy atom. The molecule has 27 heavy (non-hydrogen) atoms. The number of H-pyrrole nitrogens is 1. The van der Waals surface area contributed by atoms with Crippen LogP contribution in [0.3, 0.4) is 0 Å². The average molecular weight is 382 g/mol. The van der Waals surface area contributed by atoms with Crippen molar-refractivity contribution in [2.45, 2.75) is 6.04 Å². The van der Waals surface area contributed by atoms with Crippen molar-refractivity contribution in [1.82, 2.24) is 20.4 Å². The molecule has 2 N–H and O–H groups in total. The van der Waals surface area contributed by atoms with Crippen LogP contribution >= 0.6 is 11.3 Å². The molecule has 1 aliphatic heterocycles. The van der Waals surface area contributed by atoms with E-state index in [0.29, 0.717) is 12.2 Å². The number of nitrogens with one attached hydrogen (secondary N) is 2. The lowest BCUT2D eigenvalue weighted by molar-refractivity contribution is 0.0169. The molecule has 1 fully saturated rings. The van der Waals surface area contributed by atoms with Crippen molar-refractivity contribution in [2.75, 3.05) is 32.8 Å².